The van der Waals surface area contributed by atoms with Crippen LogP contribution in [0, 0.1) is 0 Å². The highest BCUT2D eigenvalue weighted by Crippen LogP contribution is 2.40. The molecule has 0 amide bonds. The molecule has 1 heterocycles. The highest BCUT2D eigenvalue weighted by atomic mass is 79.9. The van der Waals surface area contributed by atoms with Crippen LogP contribution in [0.1, 0.15) is 61.6 Å². The van der Waals surface area contributed by atoms with Gasteiger partial charge in [0, 0.05) is 9.70 Å². The van der Waals surface area contributed by atoms with Crippen LogP contribution in [-0.4, -0.2) is 0 Å². The van der Waals surface area contributed by atoms with E-state index in [1.165, 1.54) is 49.8 Å². The van der Waals surface area contributed by atoms with Gasteiger partial charge in [0.15, 0.2) is 0 Å². The molecule has 98 valence electrons. The smallest absolute Gasteiger partial charge is 0.0887 e. The summed E-state index contributed by atoms with van der Waals surface area (Å²) in [6, 6.07) is 2.06. The van der Waals surface area contributed by atoms with Crippen LogP contribution >= 0.6 is 54.8 Å². The van der Waals surface area contributed by atoms with Gasteiger partial charge in [-0.1, -0.05) is 73.0 Å². The van der Waals surface area contributed by atoms with Crippen LogP contribution in [0.25, 0.3) is 0 Å². The molecule has 0 saturated heterocycles. The van der Waals surface area contributed by atoms with E-state index in [2.05, 4.69) is 44.8 Å². The molecule has 4 heteroatoms. The highest BCUT2D eigenvalue weighted by molar-refractivity contribution is 9.11. The Balaban J connectivity index is 2.19. The van der Waals surface area contributed by atoms with Crippen molar-refractivity contribution >= 4 is 54.8 Å². The number of rotatable bonds is 8. The minimum absolute atomic E-state index is 0.461. The topological polar surface area (TPSA) is 0 Å². The highest BCUT2D eigenvalue weighted by Gasteiger charge is 2.12. The van der Waals surface area contributed by atoms with Gasteiger partial charge in [0.05, 0.1) is 8.81 Å². The van der Waals surface area contributed by atoms with Crippen molar-refractivity contribution in [2.75, 3.05) is 0 Å². The van der Waals surface area contributed by atoms with Crippen LogP contribution in [0.2, 0.25) is 5.02 Å². The van der Waals surface area contributed by atoms with E-state index in [9.17, 15) is 0 Å². The Bertz CT molecular complexity index is 306. The van der Waals surface area contributed by atoms with Crippen molar-refractivity contribution in [2.24, 2.45) is 0 Å². The summed E-state index contributed by atoms with van der Waals surface area (Å²) < 4.78 is 1.04. The second-order valence-corrected chi connectivity index (χ2v) is 8.21. The fourth-order valence-electron chi connectivity index (χ4n) is 1.76. The number of halogens is 3. The lowest BCUT2D eigenvalue weighted by Gasteiger charge is -2.06. The van der Waals surface area contributed by atoms with E-state index in [1.54, 1.807) is 11.3 Å². The molecule has 0 spiro atoms. The van der Waals surface area contributed by atoms with Gasteiger partial charge in [-0.2, -0.15) is 0 Å². The van der Waals surface area contributed by atoms with Crippen molar-refractivity contribution in [3.05, 3.63) is 19.8 Å². The molecule has 0 aliphatic rings. The maximum atomic E-state index is 6.03. The predicted molar refractivity (Wildman–Crippen MR) is 86.7 cm³/mol. The predicted octanol–water partition coefficient (Wildman–Crippen LogP) is 7.35. The Labute approximate surface area is 130 Å². The van der Waals surface area contributed by atoms with Gasteiger partial charge >= 0.3 is 0 Å². The maximum Gasteiger partial charge on any atom is 0.0887 e. The largest absolute Gasteiger partial charge is 0.130 e. The zero-order valence-corrected chi connectivity index (χ0v) is 14.9. The molecule has 0 radical (unpaired) electrons. The summed E-state index contributed by atoms with van der Waals surface area (Å²) in [5.41, 5.74) is 0. The van der Waals surface area contributed by atoms with E-state index in [0.717, 1.165) is 8.81 Å². The Morgan fingerprint density at radius 2 is 1.88 bits per heavy atom. The SMILES string of the molecule is CCCCCCCCC(Br)c1cc(Cl)c(Br)s1. The minimum Gasteiger partial charge on any atom is -0.130 e. The molecule has 0 N–H and O–H groups in total. The zero-order valence-electron chi connectivity index (χ0n) is 10.1. The normalized spacial score (nSPS) is 12.9. The maximum absolute atomic E-state index is 6.03. The number of hydrogen-bond acceptors (Lipinski definition) is 1. The minimum atomic E-state index is 0.461. The first kappa shape index (κ1) is 16.0. The molecule has 0 bridgehead atoms. The van der Waals surface area contributed by atoms with Crippen LogP contribution in [-0.2, 0) is 0 Å². The molecule has 17 heavy (non-hydrogen) atoms. The molecule has 1 unspecified atom stereocenters. The van der Waals surface area contributed by atoms with Gasteiger partial charge in [0.25, 0.3) is 0 Å². The monoisotopic (exact) mass is 400 g/mol. The Hall–Kier alpha value is 0.950. The van der Waals surface area contributed by atoms with Crippen molar-refractivity contribution in [1.29, 1.82) is 0 Å². The second-order valence-electron chi connectivity index (χ2n) is 4.29. The fourth-order valence-corrected chi connectivity index (χ4v) is 4.26. The number of thiophene rings is 1. The van der Waals surface area contributed by atoms with Crippen LogP contribution in [0.5, 0.6) is 0 Å². The van der Waals surface area contributed by atoms with E-state index in [0.29, 0.717) is 4.83 Å². The van der Waals surface area contributed by atoms with E-state index in [4.69, 9.17) is 11.6 Å². The van der Waals surface area contributed by atoms with Gasteiger partial charge in [-0.25, -0.2) is 0 Å². The first-order valence-electron chi connectivity index (χ1n) is 6.24. The van der Waals surface area contributed by atoms with E-state index in [1.807, 2.05) is 0 Å². The molecular formula is C13H19Br2ClS. The van der Waals surface area contributed by atoms with Gasteiger partial charge < -0.3 is 0 Å². The van der Waals surface area contributed by atoms with Gasteiger partial charge in [-0.3, -0.25) is 0 Å². The van der Waals surface area contributed by atoms with Crippen LogP contribution < -0.4 is 0 Å². The van der Waals surface area contributed by atoms with Crippen molar-refractivity contribution < 1.29 is 0 Å². The summed E-state index contributed by atoms with van der Waals surface area (Å²) in [4.78, 5) is 1.79. The number of unbranched alkanes of at least 4 members (excludes halogenated alkanes) is 5. The average molecular weight is 403 g/mol. The van der Waals surface area contributed by atoms with Crippen LogP contribution in [0.3, 0.4) is 0 Å². The molecule has 1 rings (SSSR count). The van der Waals surface area contributed by atoms with E-state index in [-0.39, 0.29) is 0 Å². The molecule has 0 aliphatic carbocycles. The van der Waals surface area contributed by atoms with Crippen molar-refractivity contribution in [2.45, 2.75) is 56.7 Å². The fraction of sp³-hybridized carbons (Fsp3) is 0.692. The number of alkyl halides is 1. The average Bonchev–Trinajstić information content (AvgIpc) is 2.64. The third kappa shape index (κ3) is 6.09. The summed E-state index contributed by atoms with van der Waals surface area (Å²) in [5.74, 6) is 0. The Kier molecular flexibility index (Phi) is 8.43. The van der Waals surface area contributed by atoms with Crippen molar-refractivity contribution in [3.8, 4) is 0 Å². The first-order chi connectivity index (χ1) is 8.15. The summed E-state index contributed by atoms with van der Waals surface area (Å²) in [5, 5.41) is 0.831. The lowest BCUT2D eigenvalue weighted by molar-refractivity contribution is 0.589. The summed E-state index contributed by atoms with van der Waals surface area (Å²) >= 11 is 15.0. The Morgan fingerprint density at radius 3 is 2.47 bits per heavy atom. The van der Waals surface area contributed by atoms with Crippen molar-refractivity contribution in [1.82, 2.24) is 0 Å². The number of hydrogen-bond donors (Lipinski definition) is 0. The van der Waals surface area contributed by atoms with Crippen LogP contribution in [0.15, 0.2) is 9.85 Å². The molecule has 0 aliphatic heterocycles. The molecular weight excluding hydrogens is 383 g/mol. The summed E-state index contributed by atoms with van der Waals surface area (Å²) in [6.07, 6.45) is 9.32. The third-order valence-electron chi connectivity index (χ3n) is 2.78. The standard InChI is InChI=1S/C13H19Br2ClS/c1-2-3-4-5-6-7-8-10(14)12-9-11(16)13(15)17-12/h9-10H,2-8H2,1H3. The molecule has 0 aromatic carbocycles. The van der Waals surface area contributed by atoms with Crippen LogP contribution in [0.4, 0.5) is 0 Å². The quantitative estimate of drug-likeness (QED) is 0.315. The molecule has 1 aromatic rings. The Morgan fingerprint density at radius 1 is 1.24 bits per heavy atom. The zero-order chi connectivity index (χ0) is 12.7. The summed E-state index contributed by atoms with van der Waals surface area (Å²) in [6.45, 7) is 2.26. The van der Waals surface area contributed by atoms with Crippen molar-refractivity contribution in [3.63, 3.8) is 0 Å². The molecule has 0 nitrogen and oxygen atoms in total. The third-order valence-corrected chi connectivity index (χ3v) is 6.63. The molecule has 1 aromatic heterocycles. The van der Waals surface area contributed by atoms with Gasteiger partial charge in [0.1, 0.15) is 0 Å². The molecule has 1 atom stereocenters. The first-order valence-corrected chi connectivity index (χ1v) is 9.14. The lowest BCUT2D eigenvalue weighted by atomic mass is 10.1. The second kappa shape index (κ2) is 8.95. The summed E-state index contributed by atoms with van der Waals surface area (Å²) in [7, 11) is 0. The molecule has 0 fully saturated rings. The van der Waals surface area contributed by atoms with E-state index >= 15 is 0 Å². The van der Waals surface area contributed by atoms with Gasteiger partial charge in [-0.05, 0) is 28.4 Å². The van der Waals surface area contributed by atoms with Gasteiger partial charge in [-0.15, -0.1) is 11.3 Å². The van der Waals surface area contributed by atoms with E-state index < -0.39 is 0 Å². The molecule has 0 saturated carbocycles. The lowest BCUT2D eigenvalue weighted by Crippen LogP contribution is -1.87. The van der Waals surface area contributed by atoms with Gasteiger partial charge in [0.2, 0.25) is 0 Å².